The first kappa shape index (κ1) is 12.2. The van der Waals surface area contributed by atoms with Crippen LogP contribution < -0.4 is 0 Å². The molecule has 0 heterocycles. The van der Waals surface area contributed by atoms with E-state index in [1.807, 2.05) is 13.8 Å². The lowest BCUT2D eigenvalue weighted by molar-refractivity contribution is -0.138. The second kappa shape index (κ2) is 4.31. The molecule has 82 valence electrons. The summed E-state index contributed by atoms with van der Waals surface area (Å²) < 4.78 is 13.3. The van der Waals surface area contributed by atoms with E-state index in [1.54, 1.807) is 12.1 Å². The van der Waals surface area contributed by atoms with Gasteiger partial charge in [0.25, 0.3) is 0 Å². The third-order valence-corrected chi connectivity index (χ3v) is 2.90. The molecule has 0 saturated carbocycles. The molecular formula is C11H12BrFO2. The molecule has 0 spiro atoms. The summed E-state index contributed by atoms with van der Waals surface area (Å²) in [6.07, 6.45) is 0.0189. The Kier molecular flexibility index (Phi) is 3.50. The fourth-order valence-electron chi connectivity index (χ4n) is 1.40. The zero-order valence-electron chi connectivity index (χ0n) is 8.55. The highest BCUT2D eigenvalue weighted by atomic mass is 79.9. The summed E-state index contributed by atoms with van der Waals surface area (Å²) in [6.45, 7) is 3.64. The van der Waals surface area contributed by atoms with E-state index in [0.717, 1.165) is 5.56 Å². The highest BCUT2D eigenvalue weighted by molar-refractivity contribution is 9.10. The van der Waals surface area contributed by atoms with Gasteiger partial charge in [-0.2, -0.15) is 0 Å². The normalized spacial score (nSPS) is 11.5. The van der Waals surface area contributed by atoms with Gasteiger partial charge in [-0.25, -0.2) is 4.39 Å². The summed E-state index contributed by atoms with van der Waals surface area (Å²) in [4.78, 5) is 10.7. The van der Waals surface area contributed by atoms with E-state index < -0.39 is 11.4 Å². The Hall–Kier alpha value is -0.900. The summed E-state index contributed by atoms with van der Waals surface area (Å²) in [7, 11) is 0. The van der Waals surface area contributed by atoms with Crippen LogP contribution in [0.3, 0.4) is 0 Å². The second-order valence-electron chi connectivity index (χ2n) is 4.08. The molecule has 15 heavy (non-hydrogen) atoms. The van der Waals surface area contributed by atoms with Crippen LogP contribution in [0.15, 0.2) is 22.7 Å². The number of aliphatic carboxylic acids is 1. The van der Waals surface area contributed by atoms with Crippen LogP contribution >= 0.6 is 15.9 Å². The molecule has 0 saturated heterocycles. The zero-order valence-corrected chi connectivity index (χ0v) is 10.1. The van der Waals surface area contributed by atoms with Crippen LogP contribution in [0, 0.1) is 5.82 Å². The number of carboxylic acid groups (broad SMARTS) is 1. The number of benzene rings is 1. The van der Waals surface area contributed by atoms with Crippen LogP contribution in [-0.4, -0.2) is 11.1 Å². The summed E-state index contributed by atoms with van der Waals surface area (Å²) >= 11 is 3.08. The Morgan fingerprint density at radius 2 is 2.13 bits per heavy atom. The van der Waals surface area contributed by atoms with Crippen molar-refractivity contribution in [3.8, 4) is 0 Å². The number of carboxylic acids is 1. The number of halogens is 2. The quantitative estimate of drug-likeness (QED) is 0.918. The molecule has 0 bridgehead atoms. The molecule has 0 aliphatic rings. The van der Waals surface area contributed by atoms with Gasteiger partial charge in [0.1, 0.15) is 5.82 Å². The molecule has 0 fully saturated rings. The molecule has 4 heteroatoms. The van der Waals surface area contributed by atoms with Gasteiger partial charge in [0.15, 0.2) is 0 Å². The van der Waals surface area contributed by atoms with E-state index in [2.05, 4.69) is 15.9 Å². The molecule has 1 aromatic rings. The first-order valence-corrected chi connectivity index (χ1v) is 5.29. The highest BCUT2D eigenvalue weighted by Gasteiger charge is 2.24. The van der Waals surface area contributed by atoms with Gasteiger partial charge in [-0.1, -0.05) is 19.9 Å². The maximum atomic E-state index is 13.0. The van der Waals surface area contributed by atoms with E-state index in [4.69, 9.17) is 5.11 Å². The van der Waals surface area contributed by atoms with Gasteiger partial charge >= 0.3 is 5.97 Å². The Balaban J connectivity index is 3.04. The van der Waals surface area contributed by atoms with Gasteiger partial charge in [-0.3, -0.25) is 4.79 Å². The summed E-state index contributed by atoms with van der Waals surface area (Å²) in [5.41, 5.74) is 0.306. The molecule has 1 rings (SSSR count). The molecule has 0 radical (unpaired) electrons. The van der Waals surface area contributed by atoms with Crippen LogP contribution in [-0.2, 0) is 10.2 Å². The van der Waals surface area contributed by atoms with E-state index in [-0.39, 0.29) is 12.2 Å². The SMILES string of the molecule is CC(C)(CC(=O)O)c1ccc(F)c(Br)c1. The first-order valence-electron chi connectivity index (χ1n) is 4.50. The Bertz CT molecular complexity index is 388. The van der Waals surface area contributed by atoms with Crippen molar-refractivity contribution < 1.29 is 14.3 Å². The predicted octanol–water partition coefficient (Wildman–Crippen LogP) is 3.34. The van der Waals surface area contributed by atoms with E-state index in [9.17, 15) is 9.18 Å². The van der Waals surface area contributed by atoms with Crippen LogP contribution in [0.25, 0.3) is 0 Å². The fraction of sp³-hybridized carbons (Fsp3) is 0.364. The predicted molar refractivity (Wildman–Crippen MR) is 59.4 cm³/mol. The van der Waals surface area contributed by atoms with Gasteiger partial charge < -0.3 is 5.11 Å². The van der Waals surface area contributed by atoms with Crippen LogP contribution in [0.4, 0.5) is 4.39 Å². The molecule has 1 N–H and O–H groups in total. The lowest BCUT2D eigenvalue weighted by Gasteiger charge is -2.23. The molecule has 1 aromatic carbocycles. The summed E-state index contributed by atoms with van der Waals surface area (Å²) in [5.74, 6) is -1.20. The van der Waals surface area contributed by atoms with Crippen molar-refractivity contribution in [2.45, 2.75) is 25.7 Å². The van der Waals surface area contributed by atoms with Crippen molar-refractivity contribution in [1.29, 1.82) is 0 Å². The summed E-state index contributed by atoms with van der Waals surface area (Å²) in [5, 5.41) is 8.75. The molecule has 0 aliphatic carbocycles. The molecule has 0 aliphatic heterocycles. The maximum Gasteiger partial charge on any atom is 0.304 e. The number of rotatable bonds is 3. The minimum Gasteiger partial charge on any atom is -0.481 e. The minimum atomic E-state index is -0.861. The van der Waals surface area contributed by atoms with Crippen LogP contribution in [0.1, 0.15) is 25.8 Å². The average molecular weight is 275 g/mol. The Morgan fingerprint density at radius 1 is 1.53 bits per heavy atom. The standard InChI is InChI=1S/C11H12BrFO2/c1-11(2,6-10(14)15)7-3-4-9(13)8(12)5-7/h3-5H,6H2,1-2H3,(H,14,15). The number of carbonyl (C=O) groups is 1. The first-order chi connectivity index (χ1) is 6.83. The van der Waals surface area contributed by atoms with Crippen molar-refractivity contribution in [3.05, 3.63) is 34.1 Å². The lowest BCUT2D eigenvalue weighted by atomic mass is 9.82. The minimum absolute atomic E-state index is 0.0189. The largest absolute Gasteiger partial charge is 0.481 e. The molecule has 2 nitrogen and oxygen atoms in total. The summed E-state index contributed by atoms with van der Waals surface area (Å²) in [6, 6.07) is 4.57. The van der Waals surface area contributed by atoms with Crippen molar-refractivity contribution in [2.75, 3.05) is 0 Å². The average Bonchev–Trinajstić information content (AvgIpc) is 2.07. The third-order valence-electron chi connectivity index (χ3n) is 2.29. The van der Waals surface area contributed by atoms with Gasteiger partial charge in [-0.05, 0) is 33.6 Å². The van der Waals surface area contributed by atoms with Crippen LogP contribution in [0.2, 0.25) is 0 Å². The van der Waals surface area contributed by atoms with Crippen molar-refractivity contribution >= 4 is 21.9 Å². The molecule has 0 amide bonds. The van der Waals surface area contributed by atoms with Crippen LogP contribution in [0.5, 0.6) is 0 Å². The topological polar surface area (TPSA) is 37.3 Å². The molecular weight excluding hydrogens is 263 g/mol. The maximum absolute atomic E-state index is 13.0. The molecule has 0 unspecified atom stereocenters. The fourth-order valence-corrected chi connectivity index (χ4v) is 1.78. The van der Waals surface area contributed by atoms with Gasteiger partial charge in [0, 0.05) is 5.41 Å². The van der Waals surface area contributed by atoms with Crippen molar-refractivity contribution in [1.82, 2.24) is 0 Å². The second-order valence-corrected chi connectivity index (χ2v) is 4.94. The Labute approximate surface area is 96.2 Å². The van der Waals surface area contributed by atoms with Crippen molar-refractivity contribution in [2.24, 2.45) is 0 Å². The smallest absolute Gasteiger partial charge is 0.304 e. The lowest BCUT2D eigenvalue weighted by Crippen LogP contribution is -2.21. The molecule has 0 atom stereocenters. The zero-order chi connectivity index (χ0) is 11.6. The van der Waals surface area contributed by atoms with Crippen molar-refractivity contribution in [3.63, 3.8) is 0 Å². The van der Waals surface area contributed by atoms with E-state index in [0.29, 0.717) is 4.47 Å². The van der Waals surface area contributed by atoms with E-state index >= 15 is 0 Å². The highest BCUT2D eigenvalue weighted by Crippen LogP contribution is 2.29. The number of hydrogen-bond donors (Lipinski definition) is 1. The van der Waals surface area contributed by atoms with Gasteiger partial charge in [0.05, 0.1) is 10.9 Å². The number of hydrogen-bond acceptors (Lipinski definition) is 1. The molecule has 0 aromatic heterocycles. The van der Waals surface area contributed by atoms with Gasteiger partial charge in [-0.15, -0.1) is 0 Å². The van der Waals surface area contributed by atoms with E-state index in [1.165, 1.54) is 6.07 Å². The van der Waals surface area contributed by atoms with Gasteiger partial charge in [0.2, 0.25) is 0 Å². The monoisotopic (exact) mass is 274 g/mol. The third kappa shape index (κ3) is 3.02. The Morgan fingerprint density at radius 3 is 2.60 bits per heavy atom.